The minimum Gasteiger partial charge on any atom is -0.338 e. The number of amides is 1. The molecule has 86 valence electrons. The lowest BCUT2D eigenvalue weighted by atomic mass is 10.1. The molecular weight excluding hydrogens is 212 g/mol. The highest BCUT2D eigenvalue weighted by Gasteiger charge is 2.07. The number of benzene rings is 1. The zero-order valence-electron chi connectivity index (χ0n) is 9.76. The van der Waals surface area contributed by atoms with Gasteiger partial charge in [0, 0.05) is 25.2 Å². The van der Waals surface area contributed by atoms with Crippen molar-refractivity contribution in [2.24, 2.45) is 0 Å². The third-order valence-electron chi connectivity index (χ3n) is 2.70. The molecule has 0 spiro atoms. The number of likely N-dealkylation sites (N-methyl/N-ethyl adjacent to an activating group) is 1. The molecule has 2 aromatic rings. The molecule has 1 aromatic carbocycles. The molecule has 3 nitrogen and oxygen atoms in total. The van der Waals surface area contributed by atoms with Crippen LogP contribution in [0.5, 0.6) is 0 Å². The SMILES string of the molecule is C=CC(=O)N(C)Cc1ccnc2ccccc12. The number of para-hydroxylation sites is 1. The lowest BCUT2D eigenvalue weighted by Crippen LogP contribution is -2.24. The third-order valence-corrected chi connectivity index (χ3v) is 2.70. The highest BCUT2D eigenvalue weighted by atomic mass is 16.2. The molecule has 1 amide bonds. The standard InChI is InChI=1S/C14H14N2O/c1-3-14(17)16(2)10-11-8-9-15-13-7-5-4-6-12(11)13/h3-9H,1,10H2,2H3. The highest BCUT2D eigenvalue weighted by molar-refractivity contribution is 5.87. The number of pyridine rings is 1. The largest absolute Gasteiger partial charge is 0.338 e. The normalized spacial score (nSPS) is 10.2. The van der Waals surface area contributed by atoms with E-state index in [2.05, 4.69) is 11.6 Å². The van der Waals surface area contributed by atoms with Crippen LogP contribution in [0.4, 0.5) is 0 Å². The van der Waals surface area contributed by atoms with Crippen molar-refractivity contribution in [3.05, 3.63) is 54.7 Å². The quantitative estimate of drug-likeness (QED) is 0.753. The molecule has 1 aromatic heterocycles. The summed E-state index contributed by atoms with van der Waals surface area (Å²) in [5, 5.41) is 1.08. The molecule has 0 saturated heterocycles. The number of fused-ring (bicyclic) bond motifs is 1. The van der Waals surface area contributed by atoms with Crippen molar-refractivity contribution in [2.45, 2.75) is 6.54 Å². The van der Waals surface area contributed by atoms with Crippen molar-refractivity contribution in [1.82, 2.24) is 9.88 Å². The molecule has 3 heteroatoms. The molecule has 0 aliphatic heterocycles. The molecule has 17 heavy (non-hydrogen) atoms. The fourth-order valence-electron chi connectivity index (χ4n) is 1.78. The number of carbonyl (C=O) groups excluding carboxylic acids is 1. The predicted octanol–water partition coefficient (Wildman–Crippen LogP) is 2.38. The molecule has 0 bridgehead atoms. The van der Waals surface area contributed by atoms with E-state index in [1.165, 1.54) is 6.08 Å². The third kappa shape index (κ3) is 2.33. The molecule has 0 aliphatic carbocycles. The van der Waals surface area contributed by atoms with Crippen LogP contribution in [0.2, 0.25) is 0 Å². The van der Waals surface area contributed by atoms with E-state index in [-0.39, 0.29) is 5.91 Å². The summed E-state index contributed by atoms with van der Waals surface area (Å²) in [5.41, 5.74) is 2.04. The van der Waals surface area contributed by atoms with Gasteiger partial charge in [-0.25, -0.2) is 0 Å². The summed E-state index contributed by atoms with van der Waals surface area (Å²) in [5.74, 6) is -0.0779. The Morgan fingerprint density at radius 1 is 1.41 bits per heavy atom. The summed E-state index contributed by atoms with van der Waals surface area (Å²) < 4.78 is 0. The first kappa shape index (κ1) is 11.3. The van der Waals surface area contributed by atoms with Gasteiger partial charge in [-0.1, -0.05) is 24.8 Å². The maximum Gasteiger partial charge on any atom is 0.245 e. The lowest BCUT2D eigenvalue weighted by molar-refractivity contribution is -0.125. The van der Waals surface area contributed by atoms with Gasteiger partial charge in [0.05, 0.1) is 5.52 Å². The van der Waals surface area contributed by atoms with Gasteiger partial charge in [0.1, 0.15) is 0 Å². The Labute approximate surface area is 100 Å². The van der Waals surface area contributed by atoms with E-state index in [0.29, 0.717) is 6.54 Å². The van der Waals surface area contributed by atoms with Crippen LogP contribution in [0, 0.1) is 0 Å². The van der Waals surface area contributed by atoms with Crippen LogP contribution in [0.3, 0.4) is 0 Å². The van der Waals surface area contributed by atoms with E-state index in [1.807, 2.05) is 30.3 Å². The monoisotopic (exact) mass is 226 g/mol. The van der Waals surface area contributed by atoms with Crippen LogP contribution in [0.25, 0.3) is 10.9 Å². The maximum absolute atomic E-state index is 11.4. The van der Waals surface area contributed by atoms with Gasteiger partial charge in [-0.15, -0.1) is 0 Å². The summed E-state index contributed by atoms with van der Waals surface area (Å²) in [7, 11) is 1.76. The Morgan fingerprint density at radius 3 is 2.94 bits per heavy atom. The zero-order valence-corrected chi connectivity index (χ0v) is 9.76. The smallest absolute Gasteiger partial charge is 0.245 e. The first-order chi connectivity index (χ1) is 8.22. The Balaban J connectivity index is 2.36. The van der Waals surface area contributed by atoms with Crippen molar-refractivity contribution in [3.63, 3.8) is 0 Å². The van der Waals surface area contributed by atoms with Gasteiger partial charge in [0.15, 0.2) is 0 Å². The number of hydrogen-bond acceptors (Lipinski definition) is 2. The topological polar surface area (TPSA) is 33.2 Å². The van der Waals surface area contributed by atoms with Gasteiger partial charge in [0.2, 0.25) is 5.91 Å². The fourth-order valence-corrected chi connectivity index (χ4v) is 1.78. The fraction of sp³-hybridized carbons (Fsp3) is 0.143. The van der Waals surface area contributed by atoms with E-state index >= 15 is 0 Å². The number of rotatable bonds is 3. The van der Waals surface area contributed by atoms with Gasteiger partial charge < -0.3 is 4.90 Å². The minimum absolute atomic E-state index is 0.0779. The van der Waals surface area contributed by atoms with Gasteiger partial charge in [-0.2, -0.15) is 0 Å². The molecule has 0 radical (unpaired) electrons. The summed E-state index contributed by atoms with van der Waals surface area (Å²) >= 11 is 0. The Morgan fingerprint density at radius 2 is 2.18 bits per heavy atom. The van der Waals surface area contributed by atoms with E-state index in [9.17, 15) is 4.79 Å². The summed E-state index contributed by atoms with van der Waals surface area (Å²) in [6.07, 6.45) is 3.09. The van der Waals surface area contributed by atoms with Gasteiger partial charge in [0.25, 0.3) is 0 Å². The summed E-state index contributed by atoms with van der Waals surface area (Å²) in [6, 6.07) is 9.85. The zero-order chi connectivity index (χ0) is 12.3. The van der Waals surface area contributed by atoms with Crippen molar-refractivity contribution in [2.75, 3.05) is 7.05 Å². The van der Waals surface area contributed by atoms with Crippen LogP contribution in [0.1, 0.15) is 5.56 Å². The number of nitrogens with zero attached hydrogens (tertiary/aromatic N) is 2. The second-order valence-electron chi connectivity index (χ2n) is 3.89. The van der Waals surface area contributed by atoms with Crippen molar-refractivity contribution < 1.29 is 4.79 Å². The summed E-state index contributed by atoms with van der Waals surface area (Å²) in [4.78, 5) is 17.4. The van der Waals surface area contributed by atoms with Crippen LogP contribution in [-0.2, 0) is 11.3 Å². The minimum atomic E-state index is -0.0779. The Kier molecular flexibility index (Phi) is 3.19. The van der Waals surface area contributed by atoms with Gasteiger partial charge in [-0.05, 0) is 23.8 Å². The molecule has 0 N–H and O–H groups in total. The van der Waals surface area contributed by atoms with Crippen LogP contribution < -0.4 is 0 Å². The average molecular weight is 226 g/mol. The van der Waals surface area contributed by atoms with Gasteiger partial charge in [-0.3, -0.25) is 9.78 Å². The highest BCUT2D eigenvalue weighted by Crippen LogP contribution is 2.17. The Hall–Kier alpha value is -2.16. The molecule has 1 heterocycles. The van der Waals surface area contributed by atoms with Crippen LogP contribution >= 0.6 is 0 Å². The Bertz CT molecular complexity index is 558. The molecule has 0 saturated carbocycles. The van der Waals surface area contributed by atoms with Crippen LogP contribution in [0.15, 0.2) is 49.2 Å². The summed E-state index contributed by atoms with van der Waals surface area (Å²) in [6.45, 7) is 4.05. The average Bonchev–Trinajstić information content (AvgIpc) is 2.38. The number of carbonyl (C=O) groups is 1. The first-order valence-electron chi connectivity index (χ1n) is 5.42. The molecule has 2 rings (SSSR count). The molecule has 0 atom stereocenters. The van der Waals surface area contributed by atoms with Crippen molar-refractivity contribution in [3.8, 4) is 0 Å². The molecule has 0 aliphatic rings. The second-order valence-corrected chi connectivity index (χ2v) is 3.89. The number of hydrogen-bond donors (Lipinski definition) is 0. The second kappa shape index (κ2) is 4.78. The maximum atomic E-state index is 11.4. The molecular formula is C14H14N2O. The lowest BCUT2D eigenvalue weighted by Gasteiger charge is -2.16. The number of aromatic nitrogens is 1. The van der Waals surface area contributed by atoms with E-state index in [0.717, 1.165) is 16.5 Å². The first-order valence-corrected chi connectivity index (χ1v) is 5.42. The van der Waals surface area contributed by atoms with E-state index < -0.39 is 0 Å². The van der Waals surface area contributed by atoms with Crippen molar-refractivity contribution in [1.29, 1.82) is 0 Å². The van der Waals surface area contributed by atoms with E-state index in [4.69, 9.17) is 0 Å². The molecule has 0 unspecified atom stereocenters. The van der Waals surface area contributed by atoms with E-state index in [1.54, 1.807) is 18.1 Å². The van der Waals surface area contributed by atoms with Crippen molar-refractivity contribution >= 4 is 16.8 Å². The van der Waals surface area contributed by atoms with Gasteiger partial charge >= 0.3 is 0 Å². The predicted molar refractivity (Wildman–Crippen MR) is 68.4 cm³/mol. The van der Waals surface area contributed by atoms with Crippen LogP contribution in [-0.4, -0.2) is 22.8 Å². The molecule has 0 fully saturated rings.